The van der Waals surface area contributed by atoms with Crippen molar-refractivity contribution in [3.63, 3.8) is 0 Å². The van der Waals surface area contributed by atoms with E-state index in [-0.39, 0.29) is 0 Å². The summed E-state index contributed by atoms with van der Waals surface area (Å²) in [6.45, 7) is 0. The summed E-state index contributed by atoms with van der Waals surface area (Å²) in [6, 6.07) is 3.24. The summed E-state index contributed by atoms with van der Waals surface area (Å²) in [6.07, 6.45) is 4.12. The number of aromatic nitrogens is 1. The standard InChI is InChI=1S/C11H11ClN2O2S/c12-10(16)8-2-3-9(13-6-8)14-11(7-15)4-1-5-17-11/h2-3,6-7H,1,4-5H2,(H,13,14). The first-order valence-corrected chi connectivity index (χ1v) is 6.56. The second-order valence-electron chi connectivity index (χ2n) is 3.79. The molecule has 1 fully saturated rings. The molecule has 6 heteroatoms. The Morgan fingerprint density at radius 1 is 1.59 bits per heavy atom. The van der Waals surface area contributed by atoms with Gasteiger partial charge in [0.05, 0.1) is 5.56 Å². The number of pyridine rings is 1. The highest BCUT2D eigenvalue weighted by atomic mass is 35.5. The van der Waals surface area contributed by atoms with Crippen LogP contribution in [0.3, 0.4) is 0 Å². The summed E-state index contributed by atoms with van der Waals surface area (Å²) in [5, 5.41) is 2.56. The quantitative estimate of drug-likeness (QED) is 0.672. The van der Waals surface area contributed by atoms with E-state index in [0.29, 0.717) is 11.4 Å². The van der Waals surface area contributed by atoms with Gasteiger partial charge in [0.2, 0.25) is 0 Å². The molecule has 0 radical (unpaired) electrons. The Labute approximate surface area is 108 Å². The molecule has 2 rings (SSSR count). The highest BCUT2D eigenvalue weighted by Gasteiger charge is 2.34. The lowest BCUT2D eigenvalue weighted by atomic mass is 10.2. The Bertz CT molecular complexity index is 430. The van der Waals surface area contributed by atoms with Crippen LogP contribution < -0.4 is 5.32 Å². The number of rotatable bonds is 4. The molecule has 1 aliphatic rings. The Kier molecular flexibility index (Phi) is 3.69. The van der Waals surface area contributed by atoms with E-state index in [1.54, 1.807) is 23.9 Å². The lowest BCUT2D eigenvalue weighted by Crippen LogP contribution is -2.33. The zero-order valence-corrected chi connectivity index (χ0v) is 10.6. The van der Waals surface area contributed by atoms with Gasteiger partial charge in [0.15, 0.2) is 6.29 Å². The van der Waals surface area contributed by atoms with Crippen LogP contribution in [-0.4, -0.2) is 27.1 Å². The van der Waals surface area contributed by atoms with Gasteiger partial charge in [-0.1, -0.05) is 0 Å². The summed E-state index contributed by atoms with van der Waals surface area (Å²) in [4.78, 5) is 25.5. The highest BCUT2D eigenvalue weighted by molar-refractivity contribution is 8.01. The third-order valence-electron chi connectivity index (χ3n) is 2.57. The SMILES string of the molecule is O=CC1(Nc2ccc(C(=O)Cl)cn2)CCCS1. The molecule has 1 aromatic heterocycles. The third-order valence-corrected chi connectivity index (χ3v) is 4.20. The van der Waals surface area contributed by atoms with Crippen molar-refractivity contribution >= 4 is 40.7 Å². The minimum atomic E-state index is -0.570. The summed E-state index contributed by atoms with van der Waals surface area (Å²) < 4.78 is 0. The number of hydrogen-bond acceptors (Lipinski definition) is 5. The fourth-order valence-electron chi connectivity index (χ4n) is 1.68. The minimum Gasteiger partial charge on any atom is -0.350 e. The van der Waals surface area contributed by atoms with Gasteiger partial charge in [-0.3, -0.25) is 9.59 Å². The zero-order valence-electron chi connectivity index (χ0n) is 8.98. The number of hydrogen-bond donors (Lipinski definition) is 1. The van der Waals surface area contributed by atoms with Gasteiger partial charge in [0.25, 0.3) is 5.24 Å². The van der Waals surface area contributed by atoms with Gasteiger partial charge >= 0.3 is 0 Å². The van der Waals surface area contributed by atoms with E-state index in [1.807, 2.05) is 0 Å². The van der Waals surface area contributed by atoms with Crippen molar-refractivity contribution in [2.75, 3.05) is 11.1 Å². The van der Waals surface area contributed by atoms with E-state index >= 15 is 0 Å². The molecule has 4 nitrogen and oxygen atoms in total. The molecule has 1 aromatic rings. The Morgan fingerprint density at radius 2 is 2.41 bits per heavy atom. The van der Waals surface area contributed by atoms with Gasteiger partial charge in [0, 0.05) is 6.20 Å². The molecule has 0 amide bonds. The summed E-state index contributed by atoms with van der Waals surface area (Å²) >= 11 is 6.90. The number of carbonyl (C=O) groups is 2. The first-order chi connectivity index (χ1) is 8.15. The van der Waals surface area contributed by atoms with E-state index < -0.39 is 10.1 Å². The first kappa shape index (κ1) is 12.4. The van der Waals surface area contributed by atoms with Gasteiger partial charge in [-0.2, -0.15) is 0 Å². The molecule has 0 saturated carbocycles. The molecule has 1 N–H and O–H groups in total. The predicted octanol–water partition coefficient (Wildman–Crippen LogP) is 2.29. The van der Waals surface area contributed by atoms with E-state index in [9.17, 15) is 9.59 Å². The maximum Gasteiger partial charge on any atom is 0.253 e. The minimum absolute atomic E-state index is 0.344. The molecule has 1 aliphatic heterocycles. The van der Waals surface area contributed by atoms with Crippen molar-refractivity contribution in [3.05, 3.63) is 23.9 Å². The number of halogens is 1. The molecule has 1 saturated heterocycles. The van der Waals surface area contributed by atoms with Gasteiger partial charge < -0.3 is 5.32 Å². The predicted molar refractivity (Wildman–Crippen MR) is 68.5 cm³/mol. The van der Waals surface area contributed by atoms with E-state index in [2.05, 4.69) is 10.3 Å². The second kappa shape index (κ2) is 5.06. The maximum absolute atomic E-state index is 11.1. The Hall–Kier alpha value is -1.07. The molecule has 2 heterocycles. The van der Waals surface area contributed by atoms with Crippen molar-refractivity contribution in [1.29, 1.82) is 0 Å². The van der Waals surface area contributed by atoms with Gasteiger partial charge in [-0.05, 0) is 42.3 Å². The van der Waals surface area contributed by atoms with Crippen LogP contribution in [0, 0.1) is 0 Å². The average Bonchev–Trinajstić information content (AvgIpc) is 2.79. The van der Waals surface area contributed by atoms with Gasteiger partial charge in [-0.15, -0.1) is 11.8 Å². The smallest absolute Gasteiger partial charge is 0.253 e. The average molecular weight is 271 g/mol. The molecule has 0 aromatic carbocycles. The number of aldehydes is 1. The van der Waals surface area contributed by atoms with Crippen LogP contribution in [-0.2, 0) is 4.79 Å². The summed E-state index contributed by atoms with van der Waals surface area (Å²) in [5.41, 5.74) is 0.344. The number of carbonyl (C=O) groups excluding carboxylic acids is 2. The highest BCUT2D eigenvalue weighted by Crippen LogP contribution is 2.36. The van der Waals surface area contributed by atoms with Crippen LogP contribution in [0.1, 0.15) is 23.2 Å². The van der Waals surface area contributed by atoms with Crippen LogP contribution in [0.25, 0.3) is 0 Å². The molecule has 17 heavy (non-hydrogen) atoms. The lowest BCUT2D eigenvalue weighted by molar-refractivity contribution is -0.109. The fourth-order valence-corrected chi connectivity index (χ4v) is 2.98. The second-order valence-corrected chi connectivity index (χ2v) is 5.56. The first-order valence-electron chi connectivity index (χ1n) is 5.20. The van der Waals surface area contributed by atoms with Crippen molar-refractivity contribution in [3.8, 4) is 0 Å². The van der Waals surface area contributed by atoms with E-state index in [0.717, 1.165) is 24.9 Å². The van der Waals surface area contributed by atoms with Crippen molar-refractivity contribution in [2.45, 2.75) is 17.7 Å². The largest absolute Gasteiger partial charge is 0.350 e. The van der Waals surface area contributed by atoms with Crippen molar-refractivity contribution < 1.29 is 9.59 Å². The van der Waals surface area contributed by atoms with Crippen molar-refractivity contribution in [1.82, 2.24) is 4.98 Å². The van der Waals surface area contributed by atoms with Crippen LogP contribution >= 0.6 is 23.4 Å². The van der Waals surface area contributed by atoms with Crippen molar-refractivity contribution in [2.24, 2.45) is 0 Å². The van der Waals surface area contributed by atoms with Gasteiger partial charge in [-0.25, -0.2) is 4.98 Å². The number of nitrogens with one attached hydrogen (secondary N) is 1. The van der Waals surface area contributed by atoms with Crippen LogP contribution in [0.2, 0.25) is 0 Å². The molecule has 1 atom stereocenters. The number of anilines is 1. The summed E-state index contributed by atoms with van der Waals surface area (Å²) in [7, 11) is 0. The van der Waals surface area contributed by atoms with Crippen LogP contribution in [0.15, 0.2) is 18.3 Å². The molecule has 0 bridgehead atoms. The Balaban J connectivity index is 2.13. The topological polar surface area (TPSA) is 59.1 Å². The van der Waals surface area contributed by atoms with E-state index in [4.69, 9.17) is 11.6 Å². The zero-order chi connectivity index (χ0) is 12.3. The maximum atomic E-state index is 11.1. The fraction of sp³-hybridized carbons (Fsp3) is 0.364. The molecular weight excluding hydrogens is 260 g/mol. The summed E-state index contributed by atoms with van der Waals surface area (Å²) in [5.74, 6) is 1.54. The molecule has 90 valence electrons. The molecule has 1 unspecified atom stereocenters. The molecular formula is C11H11ClN2O2S. The monoisotopic (exact) mass is 270 g/mol. The molecule has 0 spiro atoms. The normalized spacial score (nSPS) is 23.4. The van der Waals surface area contributed by atoms with E-state index in [1.165, 1.54) is 6.20 Å². The number of nitrogens with zero attached hydrogens (tertiary/aromatic N) is 1. The third kappa shape index (κ3) is 2.79. The molecule has 0 aliphatic carbocycles. The lowest BCUT2D eigenvalue weighted by Gasteiger charge is -2.23. The number of thioether (sulfide) groups is 1. The van der Waals surface area contributed by atoms with Gasteiger partial charge in [0.1, 0.15) is 10.7 Å². The van der Waals surface area contributed by atoms with Crippen LogP contribution in [0.4, 0.5) is 5.82 Å². The Morgan fingerprint density at radius 3 is 2.88 bits per heavy atom. The van der Waals surface area contributed by atoms with Crippen LogP contribution in [0.5, 0.6) is 0 Å².